The number of carbonyl (C=O) groups excluding carboxylic acids is 1. The molecule has 6 nitrogen and oxygen atoms in total. The number of nitrogens with zero attached hydrogens (tertiary/aromatic N) is 4. The van der Waals surface area contributed by atoms with Crippen LogP contribution in [0, 0.1) is 5.92 Å². The van der Waals surface area contributed by atoms with Gasteiger partial charge in [0.2, 0.25) is 11.1 Å². The first-order chi connectivity index (χ1) is 15.2. The summed E-state index contributed by atoms with van der Waals surface area (Å²) < 4.78 is 1.86. The van der Waals surface area contributed by atoms with Gasteiger partial charge in [-0.25, -0.2) is 4.68 Å². The van der Waals surface area contributed by atoms with Gasteiger partial charge in [0.25, 0.3) is 0 Å². The molecule has 158 valence electrons. The molecule has 1 heterocycles. The Morgan fingerprint density at radius 3 is 2.39 bits per heavy atom. The van der Waals surface area contributed by atoms with Crippen molar-refractivity contribution in [3.63, 3.8) is 0 Å². The number of aromatic nitrogens is 4. The number of thioether (sulfide) groups is 1. The Labute approximate surface area is 185 Å². The highest BCUT2D eigenvalue weighted by Gasteiger charge is 2.43. The minimum atomic E-state index is -0.233. The maximum atomic E-state index is 12.9. The number of tetrazole rings is 1. The third kappa shape index (κ3) is 3.26. The normalized spacial score (nSPS) is 24.4. The molecule has 4 aliphatic rings. The van der Waals surface area contributed by atoms with Gasteiger partial charge in [-0.3, -0.25) is 4.79 Å². The molecule has 0 spiro atoms. The highest BCUT2D eigenvalue weighted by atomic mass is 32.2. The predicted molar refractivity (Wildman–Crippen MR) is 119 cm³/mol. The molecular formula is C24H25N5OS. The fraction of sp³-hybridized carbons (Fsp3) is 0.417. The number of benzene rings is 2. The van der Waals surface area contributed by atoms with E-state index >= 15 is 0 Å². The SMILES string of the molecule is CC(Sc1nnnn1C1CC1)C(=O)NCC1CC2c3ccccc3C1c1ccccc12. The van der Waals surface area contributed by atoms with Crippen molar-refractivity contribution >= 4 is 17.7 Å². The van der Waals surface area contributed by atoms with Gasteiger partial charge in [0.05, 0.1) is 11.3 Å². The summed E-state index contributed by atoms with van der Waals surface area (Å²) in [5.74, 6) is 1.24. The van der Waals surface area contributed by atoms with Crippen LogP contribution in [0.3, 0.4) is 0 Å². The van der Waals surface area contributed by atoms with Gasteiger partial charge in [-0.1, -0.05) is 60.3 Å². The second kappa shape index (κ2) is 7.48. The summed E-state index contributed by atoms with van der Waals surface area (Å²) in [4.78, 5) is 12.9. The fourth-order valence-electron chi connectivity index (χ4n) is 5.36. The summed E-state index contributed by atoms with van der Waals surface area (Å²) in [6.45, 7) is 2.63. The highest BCUT2D eigenvalue weighted by Crippen LogP contribution is 2.55. The van der Waals surface area contributed by atoms with Gasteiger partial charge in [-0.15, -0.1) is 5.10 Å². The summed E-state index contributed by atoms with van der Waals surface area (Å²) in [5, 5.41) is 15.7. The molecule has 1 fully saturated rings. The van der Waals surface area contributed by atoms with Crippen molar-refractivity contribution in [1.29, 1.82) is 0 Å². The van der Waals surface area contributed by atoms with E-state index in [1.165, 1.54) is 34.0 Å². The van der Waals surface area contributed by atoms with Gasteiger partial charge in [0.15, 0.2) is 0 Å². The zero-order chi connectivity index (χ0) is 20.9. The maximum Gasteiger partial charge on any atom is 0.233 e. The first-order valence-corrected chi connectivity index (χ1v) is 12.0. The van der Waals surface area contributed by atoms with E-state index in [-0.39, 0.29) is 11.2 Å². The van der Waals surface area contributed by atoms with E-state index in [0.717, 1.165) is 24.4 Å². The lowest BCUT2D eigenvalue weighted by molar-refractivity contribution is -0.120. The van der Waals surface area contributed by atoms with E-state index in [1.54, 1.807) is 0 Å². The van der Waals surface area contributed by atoms with Crippen LogP contribution >= 0.6 is 11.8 Å². The summed E-state index contributed by atoms with van der Waals surface area (Å²) >= 11 is 1.45. The number of amides is 1. The van der Waals surface area contributed by atoms with Crippen molar-refractivity contribution in [3.8, 4) is 0 Å². The molecule has 0 aliphatic heterocycles. The summed E-state index contributed by atoms with van der Waals surface area (Å²) in [6, 6.07) is 18.1. The van der Waals surface area contributed by atoms with Gasteiger partial charge in [-0.05, 0) is 64.8 Å². The van der Waals surface area contributed by atoms with Crippen molar-refractivity contribution in [2.45, 2.75) is 54.5 Å². The fourth-order valence-corrected chi connectivity index (χ4v) is 6.24. The zero-order valence-electron chi connectivity index (χ0n) is 17.4. The molecule has 3 aromatic rings. The Morgan fingerprint density at radius 2 is 1.74 bits per heavy atom. The van der Waals surface area contributed by atoms with Crippen molar-refractivity contribution in [3.05, 3.63) is 70.8 Å². The van der Waals surface area contributed by atoms with E-state index in [4.69, 9.17) is 0 Å². The maximum absolute atomic E-state index is 12.9. The number of fused-ring (bicyclic) bond motifs is 1. The van der Waals surface area contributed by atoms with Crippen molar-refractivity contribution in [2.24, 2.45) is 5.92 Å². The van der Waals surface area contributed by atoms with Gasteiger partial charge >= 0.3 is 0 Å². The summed E-state index contributed by atoms with van der Waals surface area (Å²) in [5.41, 5.74) is 5.79. The monoisotopic (exact) mass is 431 g/mol. The number of hydrogen-bond acceptors (Lipinski definition) is 5. The van der Waals surface area contributed by atoms with Gasteiger partial charge in [0, 0.05) is 18.4 Å². The van der Waals surface area contributed by atoms with Gasteiger partial charge < -0.3 is 5.32 Å². The number of rotatable bonds is 6. The number of nitrogens with one attached hydrogen (secondary N) is 1. The van der Waals surface area contributed by atoms with Crippen molar-refractivity contribution in [1.82, 2.24) is 25.5 Å². The molecular weight excluding hydrogens is 406 g/mol. The smallest absolute Gasteiger partial charge is 0.233 e. The average molecular weight is 432 g/mol. The minimum absolute atomic E-state index is 0.0540. The Kier molecular flexibility index (Phi) is 4.60. The Hall–Kier alpha value is -2.67. The van der Waals surface area contributed by atoms with Crippen molar-refractivity contribution < 1.29 is 4.79 Å². The molecule has 2 atom stereocenters. The molecule has 2 unspecified atom stereocenters. The highest BCUT2D eigenvalue weighted by molar-refractivity contribution is 8.00. The minimum Gasteiger partial charge on any atom is -0.355 e. The Bertz CT molecular complexity index is 1090. The van der Waals surface area contributed by atoms with Crippen LogP contribution in [0.1, 0.15) is 66.3 Å². The number of hydrogen-bond donors (Lipinski definition) is 1. The van der Waals surface area contributed by atoms with Gasteiger partial charge in [0.1, 0.15) is 0 Å². The van der Waals surface area contributed by atoms with E-state index in [1.807, 2.05) is 11.6 Å². The second-order valence-corrected chi connectivity index (χ2v) is 10.2. The molecule has 1 amide bonds. The molecule has 31 heavy (non-hydrogen) atoms. The largest absolute Gasteiger partial charge is 0.355 e. The van der Waals surface area contributed by atoms with Gasteiger partial charge in [-0.2, -0.15) is 0 Å². The molecule has 1 aromatic heterocycles. The number of carbonyl (C=O) groups is 1. The summed E-state index contributed by atoms with van der Waals surface area (Å²) in [6.07, 6.45) is 3.32. The standard InChI is InChI=1S/C24H25N5OS/c1-14(31-24-26-27-28-29(24)16-10-11-16)23(30)25-13-15-12-21-17-6-2-4-8-19(17)22(15)20-9-5-3-7-18(20)21/h2-9,14-16,21-22H,10-13H2,1H3,(H,25,30). The lowest BCUT2D eigenvalue weighted by Gasteiger charge is -2.45. The first-order valence-electron chi connectivity index (χ1n) is 11.1. The molecule has 1 saturated carbocycles. The molecule has 7 heteroatoms. The first kappa shape index (κ1) is 19.0. The van der Waals surface area contributed by atoms with Crippen LogP contribution in [-0.4, -0.2) is 37.9 Å². The third-order valence-electron chi connectivity index (χ3n) is 6.97. The molecule has 1 N–H and O–H groups in total. The van der Waals surface area contributed by atoms with Crippen LogP contribution in [-0.2, 0) is 4.79 Å². The van der Waals surface area contributed by atoms with Crippen LogP contribution in [0.5, 0.6) is 0 Å². The lowest BCUT2D eigenvalue weighted by Crippen LogP contribution is -2.41. The Morgan fingerprint density at radius 1 is 1.10 bits per heavy atom. The predicted octanol–water partition coefficient (Wildman–Crippen LogP) is 3.90. The van der Waals surface area contributed by atoms with E-state index in [0.29, 0.717) is 30.3 Å². The molecule has 7 rings (SSSR count). The molecule has 0 saturated heterocycles. The molecule has 2 bridgehead atoms. The van der Waals surface area contributed by atoms with Crippen molar-refractivity contribution in [2.75, 3.05) is 6.54 Å². The molecule has 4 aliphatic carbocycles. The zero-order valence-corrected chi connectivity index (χ0v) is 18.3. The van der Waals surface area contributed by atoms with Crippen LogP contribution in [0.15, 0.2) is 53.7 Å². The van der Waals surface area contributed by atoms with Crippen LogP contribution in [0.2, 0.25) is 0 Å². The van der Waals surface area contributed by atoms with E-state index in [2.05, 4.69) is 69.4 Å². The topological polar surface area (TPSA) is 72.7 Å². The molecule has 2 aromatic carbocycles. The van der Waals surface area contributed by atoms with Crippen LogP contribution < -0.4 is 5.32 Å². The Balaban J connectivity index is 1.17. The average Bonchev–Trinajstić information content (AvgIpc) is 3.56. The summed E-state index contributed by atoms with van der Waals surface area (Å²) in [7, 11) is 0. The lowest BCUT2D eigenvalue weighted by atomic mass is 9.59. The van der Waals surface area contributed by atoms with E-state index < -0.39 is 0 Å². The van der Waals surface area contributed by atoms with E-state index in [9.17, 15) is 4.79 Å². The van der Waals surface area contributed by atoms with Crippen LogP contribution in [0.25, 0.3) is 0 Å². The van der Waals surface area contributed by atoms with Crippen LogP contribution in [0.4, 0.5) is 0 Å². The quantitative estimate of drug-likeness (QED) is 0.599. The third-order valence-corrected chi connectivity index (χ3v) is 8.02. The molecule has 0 radical (unpaired) electrons. The second-order valence-electron chi connectivity index (χ2n) is 8.93.